The fourth-order valence-electron chi connectivity index (χ4n) is 2.50. The molecule has 0 unspecified atom stereocenters. The van der Waals surface area contributed by atoms with Crippen LogP contribution in [0.5, 0.6) is 0 Å². The molecule has 23 heavy (non-hydrogen) atoms. The maximum atomic E-state index is 4.48. The highest BCUT2D eigenvalue weighted by atomic mass is 15.4. The predicted octanol–water partition coefficient (Wildman–Crippen LogP) is 3.03. The van der Waals surface area contributed by atoms with Crippen molar-refractivity contribution in [1.29, 1.82) is 0 Å². The summed E-state index contributed by atoms with van der Waals surface area (Å²) in [4.78, 5) is 0. The number of nitrogens with zero attached hydrogens (tertiary/aromatic N) is 5. The first-order valence-corrected chi connectivity index (χ1v) is 7.26. The predicted molar refractivity (Wildman–Crippen MR) is 90.7 cm³/mol. The molecule has 0 aliphatic rings. The highest BCUT2D eigenvalue weighted by Gasteiger charge is 2.08. The minimum absolute atomic E-state index is 0.665. The normalized spacial score (nSPS) is 11.5. The van der Waals surface area contributed by atoms with Crippen LogP contribution in [0.15, 0.2) is 60.0 Å². The number of nitrogens with one attached hydrogen (secondary N) is 1. The molecule has 0 amide bonds. The molecule has 0 aliphatic carbocycles. The molecule has 2 aromatic carbocycles. The van der Waals surface area contributed by atoms with Crippen molar-refractivity contribution in [3.8, 4) is 0 Å². The number of fused-ring (bicyclic) bond motifs is 3. The molecule has 6 heteroatoms. The lowest BCUT2D eigenvalue weighted by Crippen LogP contribution is -2.00. The van der Waals surface area contributed by atoms with E-state index in [9.17, 15) is 0 Å². The summed E-state index contributed by atoms with van der Waals surface area (Å²) in [6.45, 7) is 2.05. The quantitative estimate of drug-likeness (QED) is 0.466. The van der Waals surface area contributed by atoms with E-state index in [4.69, 9.17) is 0 Å². The van der Waals surface area contributed by atoms with E-state index < -0.39 is 0 Å². The lowest BCUT2D eigenvalue weighted by atomic mass is 10.1. The molecule has 6 nitrogen and oxygen atoms in total. The number of benzene rings is 2. The Bertz CT molecular complexity index is 1020. The van der Waals surface area contributed by atoms with Crippen molar-refractivity contribution in [1.82, 2.24) is 19.8 Å². The molecule has 0 saturated carbocycles. The standard InChI is InChI=1S/C17H14N6/c1-12-6-2-3-7-13(12)10-18-20-16-14-8-4-5-9-15(14)17-21-19-11-23(17)22-16/h2-11H,1H3,(H,20,22)/b18-10-. The van der Waals surface area contributed by atoms with E-state index >= 15 is 0 Å². The van der Waals surface area contributed by atoms with E-state index in [-0.39, 0.29) is 0 Å². The Labute approximate surface area is 132 Å². The molecule has 0 aliphatic heterocycles. The van der Waals surface area contributed by atoms with E-state index in [1.807, 2.05) is 42.5 Å². The molecule has 2 heterocycles. The Morgan fingerprint density at radius 2 is 1.83 bits per heavy atom. The Balaban J connectivity index is 1.74. The van der Waals surface area contributed by atoms with E-state index in [1.165, 1.54) is 5.56 Å². The van der Waals surface area contributed by atoms with Gasteiger partial charge in [-0.25, -0.2) is 0 Å². The first kappa shape index (κ1) is 13.4. The second kappa shape index (κ2) is 5.49. The fraction of sp³-hybridized carbons (Fsp3) is 0.0588. The number of rotatable bonds is 3. The minimum Gasteiger partial charge on any atom is -0.259 e. The van der Waals surface area contributed by atoms with Gasteiger partial charge in [-0.3, -0.25) is 5.43 Å². The van der Waals surface area contributed by atoms with Gasteiger partial charge >= 0.3 is 0 Å². The molecule has 112 valence electrons. The van der Waals surface area contributed by atoms with E-state index in [0.29, 0.717) is 5.82 Å². The van der Waals surface area contributed by atoms with E-state index in [0.717, 1.165) is 22.0 Å². The molecule has 0 spiro atoms. The number of hydrogen-bond donors (Lipinski definition) is 1. The van der Waals surface area contributed by atoms with E-state index in [1.54, 1.807) is 17.1 Å². The SMILES string of the molecule is Cc1ccccc1/C=N\Nc1nn2cnnc2c2ccccc12. The molecule has 4 aromatic rings. The second-order valence-corrected chi connectivity index (χ2v) is 5.22. The van der Waals surface area contributed by atoms with Gasteiger partial charge in [0.1, 0.15) is 6.33 Å². The molecule has 0 bridgehead atoms. The summed E-state index contributed by atoms with van der Waals surface area (Å²) in [7, 11) is 0. The van der Waals surface area contributed by atoms with Gasteiger partial charge in [0, 0.05) is 10.8 Å². The molecular weight excluding hydrogens is 288 g/mol. The first-order valence-electron chi connectivity index (χ1n) is 7.26. The van der Waals surface area contributed by atoms with Crippen molar-refractivity contribution in [2.45, 2.75) is 6.92 Å². The van der Waals surface area contributed by atoms with Crippen molar-refractivity contribution in [2.75, 3.05) is 5.43 Å². The van der Waals surface area contributed by atoms with Gasteiger partial charge in [-0.15, -0.1) is 15.3 Å². The molecule has 2 aromatic heterocycles. The highest BCUT2D eigenvalue weighted by molar-refractivity contribution is 5.99. The smallest absolute Gasteiger partial charge is 0.185 e. The summed E-state index contributed by atoms with van der Waals surface area (Å²) in [5.74, 6) is 0.665. The molecule has 0 fully saturated rings. The summed E-state index contributed by atoms with van der Waals surface area (Å²) in [6, 6.07) is 16.0. The van der Waals surface area contributed by atoms with Crippen LogP contribution < -0.4 is 5.43 Å². The average Bonchev–Trinajstić information content (AvgIpc) is 3.05. The maximum absolute atomic E-state index is 4.48. The summed E-state index contributed by atoms with van der Waals surface area (Å²) in [5, 5.41) is 18.8. The highest BCUT2D eigenvalue weighted by Crippen LogP contribution is 2.23. The van der Waals surface area contributed by atoms with Crippen molar-refractivity contribution < 1.29 is 0 Å². The summed E-state index contributed by atoms with van der Waals surface area (Å²) < 4.78 is 1.65. The molecular formula is C17H14N6. The lowest BCUT2D eigenvalue weighted by molar-refractivity contribution is 0.934. The van der Waals surface area contributed by atoms with Crippen LogP contribution in [-0.4, -0.2) is 26.0 Å². The Hall–Kier alpha value is -3.28. The zero-order valence-electron chi connectivity index (χ0n) is 12.5. The van der Waals surface area contributed by atoms with Crippen LogP contribution in [0.2, 0.25) is 0 Å². The van der Waals surface area contributed by atoms with Gasteiger partial charge in [0.05, 0.1) is 6.21 Å². The third-order valence-corrected chi connectivity index (χ3v) is 3.72. The number of hydrogen-bond acceptors (Lipinski definition) is 5. The van der Waals surface area contributed by atoms with Gasteiger partial charge in [-0.05, 0) is 18.1 Å². The zero-order valence-corrected chi connectivity index (χ0v) is 12.5. The largest absolute Gasteiger partial charge is 0.259 e. The minimum atomic E-state index is 0.665. The van der Waals surface area contributed by atoms with Gasteiger partial charge in [0.15, 0.2) is 11.5 Å². The fourth-order valence-corrected chi connectivity index (χ4v) is 2.50. The average molecular weight is 302 g/mol. The molecule has 0 radical (unpaired) electrons. The third kappa shape index (κ3) is 2.40. The summed E-state index contributed by atoms with van der Waals surface area (Å²) in [5.41, 5.74) is 5.99. The molecule has 4 rings (SSSR count). The zero-order chi connectivity index (χ0) is 15.6. The van der Waals surface area contributed by atoms with Crippen LogP contribution in [0.1, 0.15) is 11.1 Å². The maximum Gasteiger partial charge on any atom is 0.185 e. The Kier molecular flexibility index (Phi) is 3.20. The van der Waals surface area contributed by atoms with Crippen LogP contribution in [-0.2, 0) is 0 Å². The van der Waals surface area contributed by atoms with Crippen LogP contribution in [0.25, 0.3) is 16.4 Å². The second-order valence-electron chi connectivity index (χ2n) is 5.22. The molecule has 1 N–H and O–H groups in total. The number of hydrazone groups is 1. The van der Waals surface area contributed by atoms with Gasteiger partial charge in [0.25, 0.3) is 0 Å². The number of aromatic nitrogens is 4. The van der Waals surface area contributed by atoms with Crippen molar-refractivity contribution >= 4 is 28.5 Å². The third-order valence-electron chi connectivity index (χ3n) is 3.72. The first-order chi connectivity index (χ1) is 11.3. The van der Waals surface area contributed by atoms with Crippen LogP contribution in [0.3, 0.4) is 0 Å². The van der Waals surface area contributed by atoms with Gasteiger partial charge in [0.2, 0.25) is 0 Å². The van der Waals surface area contributed by atoms with E-state index in [2.05, 4.69) is 38.8 Å². The van der Waals surface area contributed by atoms with Gasteiger partial charge in [-0.2, -0.15) is 9.62 Å². The molecule has 0 saturated heterocycles. The number of anilines is 1. The van der Waals surface area contributed by atoms with Crippen LogP contribution in [0, 0.1) is 6.92 Å². The van der Waals surface area contributed by atoms with Gasteiger partial charge in [-0.1, -0.05) is 48.5 Å². The van der Waals surface area contributed by atoms with Crippen molar-refractivity contribution in [3.63, 3.8) is 0 Å². The topological polar surface area (TPSA) is 67.5 Å². The lowest BCUT2D eigenvalue weighted by Gasteiger charge is -2.06. The summed E-state index contributed by atoms with van der Waals surface area (Å²) in [6.07, 6.45) is 3.38. The Morgan fingerprint density at radius 3 is 2.70 bits per heavy atom. The summed E-state index contributed by atoms with van der Waals surface area (Å²) >= 11 is 0. The van der Waals surface area contributed by atoms with Crippen LogP contribution in [0.4, 0.5) is 5.82 Å². The monoisotopic (exact) mass is 302 g/mol. The van der Waals surface area contributed by atoms with Crippen molar-refractivity contribution in [3.05, 3.63) is 66.0 Å². The van der Waals surface area contributed by atoms with Gasteiger partial charge < -0.3 is 0 Å². The molecule has 0 atom stereocenters. The Morgan fingerprint density at radius 1 is 1.04 bits per heavy atom. The number of aryl methyl sites for hydroxylation is 1. The van der Waals surface area contributed by atoms with Crippen LogP contribution >= 0.6 is 0 Å². The van der Waals surface area contributed by atoms with Crippen molar-refractivity contribution in [2.24, 2.45) is 5.10 Å².